The number of hydrogen-bond acceptors (Lipinski definition) is 3. The van der Waals surface area contributed by atoms with Gasteiger partial charge in [-0.1, -0.05) is 60.7 Å². The Morgan fingerprint density at radius 3 is 2.06 bits per heavy atom. The van der Waals surface area contributed by atoms with Gasteiger partial charge in [-0.3, -0.25) is 4.98 Å². The van der Waals surface area contributed by atoms with Crippen molar-refractivity contribution in [1.29, 1.82) is 0 Å². The summed E-state index contributed by atoms with van der Waals surface area (Å²) in [4.78, 5) is 9.12. The van der Waals surface area contributed by atoms with Crippen LogP contribution in [-0.4, -0.2) is 9.97 Å². The number of benzene rings is 4. The summed E-state index contributed by atoms with van der Waals surface area (Å²) in [7, 11) is 0. The minimum absolute atomic E-state index is 0.662. The van der Waals surface area contributed by atoms with Gasteiger partial charge >= 0.3 is 0 Å². The van der Waals surface area contributed by atoms with Crippen LogP contribution in [0.25, 0.3) is 66.4 Å². The third-order valence-corrected chi connectivity index (χ3v) is 6.59. The van der Waals surface area contributed by atoms with Crippen molar-refractivity contribution in [2.24, 2.45) is 0 Å². The standard InChI is InChI=1S/C32H20N2O/c1-2-5-21(6-3-1)23-10-8-22-9-11-24(18-27(22)17-23)26-12-14-30(34-20-26)25-13-15-31-29(19-25)28-7-4-16-33-32(28)35-31/h1-20H. The van der Waals surface area contributed by atoms with Gasteiger partial charge in [-0.25, -0.2) is 4.98 Å². The van der Waals surface area contributed by atoms with Gasteiger partial charge in [-0.2, -0.15) is 0 Å². The van der Waals surface area contributed by atoms with Gasteiger partial charge in [-0.05, 0) is 76.0 Å². The third kappa shape index (κ3) is 3.46. The Hall–Kier alpha value is -4.76. The van der Waals surface area contributed by atoms with Crippen molar-refractivity contribution in [3.63, 3.8) is 0 Å². The van der Waals surface area contributed by atoms with Crippen LogP contribution in [0.4, 0.5) is 0 Å². The van der Waals surface area contributed by atoms with Crippen molar-refractivity contribution in [3.8, 4) is 33.5 Å². The summed E-state index contributed by atoms with van der Waals surface area (Å²) < 4.78 is 5.86. The zero-order valence-corrected chi connectivity index (χ0v) is 18.8. The maximum Gasteiger partial charge on any atom is 0.227 e. The molecule has 0 unspecified atom stereocenters. The molecule has 0 bridgehead atoms. The molecule has 35 heavy (non-hydrogen) atoms. The average Bonchev–Trinajstić information content (AvgIpc) is 3.31. The number of aromatic nitrogens is 2. The molecule has 0 spiro atoms. The molecule has 0 N–H and O–H groups in total. The van der Waals surface area contributed by atoms with E-state index < -0.39 is 0 Å². The molecule has 0 fully saturated rings. The van der Waals surface area contributed by atoms with Gasteiger partial charge in [0, 0.05) is 34.3 Å². The highest BCUT2D eigenvalue weighted by Gasteiger charge is 2.10. The molecule has 3 nitrogen and oxygen atoms in total. The Bertz CT molecular complexity index is 1830. The van der Waals surface area contributed by atoms with Gasteiger partial charge in [0.25, 0.3) is 0 Å². The van der Waals surface area contributed by atoms with E-state index in [2.05, 4.69) is 83.8 Å². The lowest BCUT2D eigenvalue weighted by molar-refractivity contribution is 0.654. The molecule has 164 valence electrons. The van der Waals surface area contributed by atoms with Crippen molar-refractivity contribution in [2.45, 2.75) is 0 Å². The van der Waals surface area contributed by atoms with Crippen LogP contribution in [0.2, 0.25) is 0 Å². The number of hydrogen-bond donors (Lipinski definition) is 0. The number of fused-ring (bicyclic) bond motifs is 4. The lowest BCUT2D eigenvalue weighted by Crippen LogP contribution is -1.86. The predicted octanol–water partition coefficient (Wildman–Crippen LogP) is 8.53. The Labute approximate surface area is 202 Å². The van der Waals surface area contributed by atoms with Crippen molar-refractivity contribution in [2.75, 3.05) is 0 Å². The highest BCUT2D eigenvalue weighted by molar-refractivity contribution is 6.04. The molecule has 3 heteroatoms. The van der Waals surface area contributed by atoms with E-state index in [9.17, 15) is 0 Å². The first-order valence-corrected chi connectivity index (χ1v) is 11.7. The van der Waals surface area contributed by atoms with Crippen LogP contribution in [0.15, 0.2) is 126 Å². The third-order valence-electron chi connectivity index (χ3n) is 6.59. The largest absolute Gasteiger partial charge is 0.438 e. The Morgan fingerprint density at radius 2 is 1.26 bits per heavy atom. The van der Waals surface area contributed by atoms with Gasteiger partial charge < -0.3 is 4.42 Å². The minimum atomic E-state index is 0.662. The maximum atomic E-state index is 5.86. The Kier molecular flexibility index (Phi) is 4.46. The second-order valence-corrected chi connectivity index (χ2v) is 8.74. The fourth-order valence-corrected chi connectivity index (χ4v) is 4.74. The number of furan rings is 1. The summed E-state index contributed by atoms with van der Waals surface area (Å²) in [6.45, 7) is 0. The molecule has 7 aromatic rings. The van der Waals surface area contributed by atoms with Crippen LogP contribution in [0.5, 0.6) is 0 Å². The van der Waals surface area contributed by atoms with Crippen LogP contribution >= 0.6 is 0 Å². The summed E-state index contributed by atoms with van der Waals surface area (Å²) >= 11 is 0. The molecule has 0 atom stereocenters. The van der Waals surface area contributed by atoms with Crippen molar-refractivity contribution < 1.29 is 4.42 Å². The molecule has 4 aromatic carbocycles. The summed E-state index contributed by atoms with van der Waals surface area (Å²) in [6.07, 6.45) is 3.71. The minimum Gasteiger partial charge on any atom is -0.438 e. The second-order valence-electron chi connectivity index (χ2n) is 8.74. The summed E-state index contributed by atoms with van der Waals surface area (Å²) in [5, 5.41) is 4.53. The van der Waals surface area contributed by atoms with Crippen LogP contribution in [-0.2, 0) is 0 Å². The van der Waals surface area contributed by atoms with Gasteiger partial charge in [0.15, 0.2) is 0 Å². The SMILES string of the molecule is c1ccc(-c2ccc3ccc(-c4ccc(-c5ccc6oc7ncccc7c6c5)nc4)cc3c2)cc1. The molecule has 0 amide bonds. The number of pyridine rings is 2. The number of nitrogens with zero attached hydrogens (tertiary/aromatic N) is 2. The molecule has 3 heterocycles. The van der Waals surface area contributed by atoms with E-state index in [4.69, 9.17) is 9.40 Å². The van der Waals surface area contributed by atoms with Gasteiger partial charge in [-0.15, -0.1) is 0 Å². The monoisotopic (exact) mass is 448 g/mol. The van der Waals surface area contributed by atoms with Crippen LogP contribution < -0.4 is 0 Å². The fraction of sp³-hybridized carbons (Fsp3) is 0. The highest BCUT2D eigenvalue weighted by Crippen LogP contribution is 2.32. The summed E-state index contributed by atoms with van der Waals surface area (Å²) in [5.41, 5.74) is 8.19. The van der Waals surface area contributed by atoms with Crippen molar-refractivity contribution >= 4 is 32.8 Å². The van der Waals surface area contributed by atoms with Gasteiger partial charge in [0.1, 0.15) is 5.58 Å². The molecule has 0 aliphatic heterocycles. The Morgan fingerprint density at radius 1 is 0.486 bits per heavy atom. The Balaban J connectivity index is 1.24. The first-order chi connectivity index (χ1) is 17.3. The lowest BCUT2D eigenvalue weighted by Gasteiger charge is -2.08. The van der Waals surface area contributed by atoms with Crippen LogP contribution in [0.1, 0.15) is 0 Å². The molecule has 0 saturated heterocycles. The molecule has 7 rings (SSSR count). The zero-order valence-electron chi connectivity index (χ0n) is 18.8. The van der Waals surface area contributed by atoms with E-state index in [1.165, 1.54) is 21.9 Å². The fourth-order valence-electron chi connectivity index (χ4n) is 4.74. The molecule has 3 aromatic heterocycles. The van der Waals surface area contributed by atoms with Gasteiger partial charge in [0.05, 0.1) is 5.69 Å². The predicted molar refractivity (Wildman–Crippen MR) is 143 cm³/mol. The van der Waals surface area contributed by atoms with Crippen molar-refractivity contribution in [3.05, 3.63) is 122 Å². The lowest BCUT2D eigenvalue weighted by atomic mass is 9.98. The quantitative estimate of drug-likeness (QED) is 0.272. The van der Waals surface area contributed by atoms with E-state index in [-0.39, 0.29) is 0 Å². The van der Waals surface area contributed by atoms with Gasteiger partial charge in [0.2, 0.25) is 5.71 Å². The smallest absolute Gasteiger partial charge is 0.227 e. The normalized spacial score (nSPS) is 11.4. The molecular formula is C32H20N2O. The van der Waals surface area contributed by atoms with E-state index >= 15 is 0 Å². The molecular weight excluding hydrogens is 428 g/mol. The first-order valence-electron chi connectivity index (χ1n) is 11.7. The second kappa shape index (κ2) is 7.93. The maximum absolute atomic E-state index is 5.86. The highest BCUT2D eigenvalue weighted by atomic mass is 16.3. The molecule has 0 radical (unpaired) electrons. The van der Waals surface area contributed by atoms with E-state index in [1.54, 1.807) is 6.20 Å². The van der Waals surface area contributed by atoms with E-state index in [0.717, 1.165) is 38.7 Å². The number of rotatable bonds is 3. The van der Waals surface area contributed by atoms with Crippen LogP contribution in [0, 0.1) is 0 Å². The van der Waals surface area contributed by atoms with E-state index in [0.29, 0.717) is 5.71 Å². The molecule has 0 saturated carbocycles. The zero-order chi connectivity index (χ0) is 23.2. The molecule has 0 aliphatic carbocycles. The van der Waals surface area contributed by atoms with Crippen molar-refractivity contribution in [1.82, 2.24) is 9.97 Å². The topological polar surface area (TPSA) is 38.9 Å². The molecule has 0 aliphatic rings. The first kappa shape index (κ1) is 19.7. The average molecular weight is 449 g/mol. The van der Waals surface area contributed by atoms with Crippen LogP contribution in [0.3, 0.4) is 0 Å². The van der Waals surface area contributed by atoms with E-state index in [1.807, 2.05) is 36.5 Å². The summed E-state index contributed by atoms with van der Waals surface area (Å²) in [5.74, 6) is 0. The summed E-state index contributed by atoms with van der Waals surface area (Å²) in [6, 6.07) is 38.1.